The van der Waals surface area contributed by atoms with Crippen molar-refractivity contribution in [1.29, 1.82) is 0 Å². The number of piperidine rings is 1. The molecule has 7 nitrogen and oxygen atoms in total. The van der Waals surface area contributed by atoms with Gasteiger partial charge in [-0.1, -0.05) is 6.07 Å². The number of H-pyrrole nitrogens is 1. The van der Waals surface area contributed by atoms with E-state index in [0.717, 1.165) is 46.3 Å². The number of carbonyl (C=O) groups excluding carboxylic acids is 2. The van der Waals surface area contributed by atoms with E-state index in [4.69, 9.17) is 4.98 Å². The molecule has 0 radical (unpaired) electrons. The van der Waals surface area contributed by atoms with Crippen LogP contribution in [0.2, 0.25) is 0 Å². The molecule has 2 amide bonds. The molecule has 3 aromatic heterocycles. The molecule has 0 saturated carbocycles. The smallest absolute Gasteiger partial charge is 0.253 e. The Balaban J connectivity index is 1.24. The molecule has 1 saturated heterocycles. The van der Waals surface area contributed by atoms with Crippen molar-refractivity contribution in [2.24, 2.45) is 0 Å². The average molecular weight is 486 g/mol. The molecule has 8 heteroatoms. The number of nitrogens with zero attached hydrogens (tertiary/aromatic N) is 3. The highest BCUT2D eigenvalue weighted by Gasteiger charge is 2.28. The van der Waals surface area contributed by atoms with Gasteiger partial charge in [-0.25, -0.2) is 4.39 Å². The van der Waals surface area contributed by atoms with Gasteiger partial charge in [-0.15, -0.1) is 0 Å². The molecule has 1 aromatic carbocycles. The topological polar surface area (TPSA) is 91.0 Å². The molecule has 0 spiro atoms. The van der Waals surface area contributed by atoms with Crippen LogP contribution < -0.4 is 5.32 Å². The van der Waals surface area contributed by atoms with Gasteiger partial charge in [0, 0.05) is 60.7 Å². The molecule has 2 N–H and O–H groups in total. The highest BCUT2D eigenvalue weighted by atomic mass is 19.1. The summed E-state index contributed by atoms with van der Waals surface area (Å²) >= 11 is 0. The summed E-state index contributed by atoms with van der Waals surface area (Å²) < 4.78 is 13.7. The standard InChI is InChI=1S/C28H28FN5O2/c1-18-4-6-23(28(36)32-16-19-3-2-10-30-15-19)27(33-18)20-8-11-34(12-9-20)26(35)13-21-17-31-25-7-5-22(29)14-24(21)25/h2-7,10,14-15,17,20,31H,8-9,11-13,16H2,1H3,(H,32,36). The van der Waals surface area contributed by atoms with Crippen molar-refractivity contribution in [1.82, 2.24) is 25.2 Å². The van der Waals surface area contributed by atoms with Crippen LogP contribution in [0.5, 0.6) is 0 Å². The number of likely N-dealkylation sites (tertiary alicyclic amines) is 1. The number of fused-ring (bicyclic) bond motifs is 1. The van der Waals surface area contributed by atoms with Gasteiger partial charge in [0.25, 0.3) is 5.91 Å². The van der Waals surface area contributed by atoms with Crippen molar-refractivity contribution in [3.05, 3.63) is 95.0 Å². The van der Waals surface area contributed by atoms with E-state index in [-0.39, 0.29) is 30.0 Å². The normalized spacial score (nSPS) is 14.2. The Kier molecular flexibility index (Phi) is 6.75. The van der Waals surface area contributed by atoms with Crippen molar-refractivity contribution in [2.45, 2.75) is 38.6 Å². The number of nitrogens with one attached hydrogen (secondary N) is 2. The first-order valence-corrected chi connectivity index (χ1v) is 12.2. The number of carbonyl (C=O) groups is 2. The molecular weight excluding hydrogens is 457 g/mol. The predicted molar refractivity (Wildman–Crippen MR) is 135 cm³/mol. The molecule has 1 fully saturated rings. The van der Waals surface area contributed by atoms with Gasteiger partial charge in [0.05, 0.1) is 17.7 Å². The quantitative estimate of drug-likeness (QED) is 0.426. The third kappa shape index (κ3) is 5.12. The van der Waals surface area contributed by atoms with Crippen molar-refractivity contribution in [3.8, 4) is 0 Å². The molecule has 0 bridgehead atoms. The first kappa shape index (κ1) is 23.7. The van der Waals surface area contributed by atoms with Crippen molar-refractivity contribution >= 4 is 22.7 Å². The SMILES string of the molecule is Cc1ccc(C(=O)NCc2cccnc2)c(C2CCN(C(=O)Cc3c[nH]c4ccc(F)cc34)CC2)n1. The summed E-state index contributed by atoms with van der Waals surface area (Å²) in [6.45, 7) is 3.49. The van der Waals surface area contributed by atoms with Crippen LogP contribution in [0, 0.1) is 12.7 Å². The molecule has 0 atom stereocenters. The number of benzene rings is 1. The minimum absolute atomic E-state index is 0.0187. The maximum Gasteiger partial charge on any atom is 0.253 e. The van der Waals surface area contributed by atoms with Crippen molar-refractivity contribution < 1.29 is 14.0 Å². The highest BCUT2D eigenvalue weighted by Crippen LogP contribution is 2.30. The molecule has 184 valence electrons. The summed E-state index contributed by atoms with van der Waals surface area (Å²) in [6.07, 6.45) is 6.89. The molecular formula is C28H28FN5O2. The van der Waals surface area contributed by atoms with Crippen LogP contribution >= 0.6 is 0 Å². The lowest BCUT2D eigenvalue weighted by atomic mass is 9.89. The molecule has 36 heavy (non-hydrogen) atoms. The average Bonchev–Trinajstić information content (AvgIpc) is 3.29. The highest BCUT2D eigenvalue weighted by molar-refractivity contribution is 5.95. The zero-order valence-electron chi connectivity index (χ0n) is 20.1. The Hall–Kier alpha value is -4.07. The summed E-state index contributed by atoms with van der Waals surface area (Å²) in [6, 6.07) is 12.0. The minimum Gasteiger partial charge on any atom is -0.361 e. The zero-order valence-corrected chi connectivity index (χ0v) is 20.1. The van der Waals surface area contributed by atoms with Crippen LogP contribution in [0.3, 0.4) is 0 Å². The second-order valence-corrected chi connectivity index (χ2v) is 9.27. The fourth-order valence-electron chi connectivity index (χ4n) is 4.83. The number of hydrogen-bond donors (Lipinski definition) is 2. The number of amides is 2. The number of halogens is 1. The van der Waals surface area contributed by atoms with Crippen LogP contribution in [0.25, 0.3) is 10.9 Å². The van der Waals surface area contributed by atoms with E-state index in [2.05, 4.69) is 15.3 Å². The Morgan fingerprint density at radius 2 is 2.00 bits per heavy atom. The van der Waals surface area contributed by atoms with Gasteiger partial charge in [0.1, 0.15) is 5.82 Å². The van der Waals surface area contributed by atoms with Crippen LogP contribution in [0.15, 0.2) is 61.1 Å². The van der Waals surface area contributed by atoms with E-state index < -0.39 is 0 Å². The lowest BCUT2D eigenvalue weighted by Crippen LogP contribution is -2.39. The molecule has 4 heterocycles. The van der Waals surface area contributed by atoms with Gasteiger partial charge < -0.3 is 15.2 Å². The summed E-state index contributed by atoms with van der Waals surface area (Å²) in [5.74, 6) is -0.366. The van der Waals surface area contributed by atoms with Crippen molar-refractivity contribution in [2.75, 3.05) is 13.1 Å². The molecule has 0 unspecified atom stereocenters. The van der Waals surface area contributed by atoms with E-state index in [1.807, 2.05) is 36.1 Å². The lowest BCUT2D eigenvalue weighted by Gasteiger charge is -2.32. The molecule has 1 aliphatic rings. The van der Waals surface area contributed by atoms with Gasteiger partial charge in [0.15, 0.2) is 0 Å². The van der Waals surface area contributed by atoms with Gasteiger partial charge in [-0.3, -0.25) is 19.6 Å². The monoisotopic (exact) mass is 485 g/mol. The van der Waals surface area contributed by atoms with Gasteiger partial charge in [0.2, 0.25) is 5.91 Å². The molecule has 0 aliphatic carbocycles. The van der Waals surface area contributed by atoms with E-state index in [9.17, 15) is 14.0 Å². The van der Waals surface area contributed by atoms with Crippen LogP contribution in [0.1, 0.15) is 51.6 Å². The molecule has 5 rings (SSSR count). The lowest BCUT2D eigenvalue weighted by molar-refractivity contribution is -0.131. The van der Waals surface area contributed by atoms with Crippen molar-refractivity contribution in [3.63, 3.8) is 0 Å². The summed E-state index contributed by atoms with van der Waals surface area (Å²) in [5.41, 5.74) is 4.77. The Morgan fingerprint density at radius 3 is 2.78 bits per heavy atom. The van der Waals surface area contributed by atoms with E-state index in [1.165, 1.54) is 12.1 Å². The predicted octanol–water partition coefficient (Wildman–Crippen LogP) is 4.28. The number of aromatic amines is 1. The van der Waals surface area contributed by atoms with Gasteiger partial charge in [-0.05, 0) is 67.3 Å². The minimum atomic E-state index is -0.317. The molecule has 1 aliphatic heterocycles. The summed E-state index contributed by atoms with van der Waals surface area (Å²) in [5, 5.41) is 3.71. The van der Waals surface area contributed by atoms with E-state index in [0.29, 0.717) is 25.2 Å². The second kappa shape index (κ2) is 10.3. The second-order valence-electron chi connectivity index (χ2n) is 9.27. The fraction of sp³-hybridized carbons (Fsp3) is 0.286. The van der Waals surface area contributed by atoms with E-state index in [1.54, 1.807) is 24.7 Å². The summed E-state index contributed by atoms with van der Waals surface area (Å²) in [7, 11) is 0. The maximum atomic E-state index is 13.7. The first-order valence-electron chi connectivity index (χ1n) is 12.2. The Labute approximate surface area is 208 Å². The zero-order chi connectivity index (χ0) is 25.1. The number of aryl methyl sites for hydroxylation is 1. The fourth-order valence-corrected chi connectivity index (χ4v) is 4.83. The number of pyridine rings is 2. The van der Waals surface area contributed by atoms with E-state index >= 15 is 0 Å². The van der Waals surface area contributed by atoms with Crippen LogP contribution in [-0.4, -0.2) is 44.8 Å². The third-order valence-corrected chi connectivity index (χ3v) is 6.79. The third-order valence-electron chi connectivity index (χ3n) is 6.79. The van der Waals surface area contributed by atoms with Gasteiger partial charge >= 0.3 is 0 Å². The van der Waals surface area contributed by atoms with Gasteiger partial charge in [-0.2, -0.15) is 0 Å². The Morgan fingerprint density at radius 1 is 1.17 bits per heavy atom. The maximum absolute atomic E-state index is 13.7. The first-order chi connectivity index (χ1) is 17.5. The number of aromatic nitrogens is 3. The largest absolute Gasteiger partial charge is 0.361 e. The molecule has 4 aromatic rings. The van der Waals surface area contributed by atoms with Crippen LogP contribution in [-0.2, 0) is 17.8 Å². The number of rotatable bonds is 6. The summed E-state index contributed by atoms with van der Waals surface area (Å²) in [4.78, 5) is 39.8. The van der Waals surface area contributed by atoms with Crippen LogP contribution in [0.4, 0.5) is 4.39 Å². The Bertz CT molecular complexity index is 1390. The number of hydrogen-bond acceptors (Lipinski definition) is 4.